The number of aryl methyl sites for hydroxylation is 1. The number of rotatable bonds is 3. The first-order chi connectivity index (χ1) is 12.7. The Labute approximate surface area is 155 Å². The summed E-state index contributed by atoms with van der Waals surface area (Å²) in [5.74, 6) is 3.12. The summed E-state index contributed by atoms with van der Waals surface area (Å²) >= 11 is 1.71. The van der Waals surface area contributed by atoms with Crippen molar-refractivity contribution in [3.8, 4) is 11.5 Å². The maximum atomic E-state index is 6.34. The lowest BCUT2D eigenvalue weighted by molar-refractivity contribution is -0.0345. The van der Waals surface area contributed by atoms with Crippen LogP contribution in [-0.4, -0.2) is 17.8 Å². The molecule has 0 saturated carbocycles. The van der Waals surface area contributed by atoms with Crippen LogP contribution in [0.2, 0.25) is 0 Å². The van der Waals surface area contributed by atoms with Gasteiger partial charge in [0.25, 0.3) is 0 Å². The molecule has 5 rings (SSSR count). The Morgan fingerprint density at radius 1 is 1.19 bits per heavy atom. The van der Waals surface area contributed by atoms with Crippen molar-refractivity contribution in [3.63, 3.8) is 0 Å². The predicted molar refractivity (Wildman–Crippen MR) is 99.9 cm³/mol. The number of benzene rings is 1. The fourth-order valence-corrected chi connectivity index (χ4v) is 4.33. The van der Waals surface area contributed by atoms with Crippen LogP contribution in [-0.2, 0) is 0 Å². The second-order valence-corrected chi connectivity index (χ2v) is 7.37. The molecule has 0 fully saturated rings. The standard InChI is InChI=1S/C20H18N2O3S/c1-12-8-9-17(24-12)20-22-15(11-14(21-22)18-7-4-10-26-18)13-5-3-6-16(23-2)19(13)25-20/h3-10,15,20H,11H2,1-2H3/t15-,20+/m1/s1. The largest absolute Gasteiger partial charge is 0.493 e. The van der Waals surface area contributed by atoms with Gasteiger partial charge in [0.2, 0.25) is 6.23 Å². The molecule has 0 radical (unpaired) electrons. The second kappa shape index (κ2) is 5.92. The summed E-state index contributed by atoms with van der Waals surface area (Å²) in [6.07, 6.45) is 0.426. The van der Waals surface area contributed by atoms with Crippen LogP contribution in [0, 0.1) is 6.92 Å². The maximum Gasteiger partial charge on any atom is 0.246 e. The molecule has 0 spiro atoms. The minimum absolute atomic E-state index is 0.0985. The van der Waals surface area contributed by atoms with Gasteiger partial charge in [-0.05, 0) is 36.6 Å². The van der Waals surface area contributed by atoms with Crippen molar-refractivity contribution in [1.29, 1.82) is 0 Å². The lowest BCUT2D eigenvalue weighted by Crippen LogP contribution is -2.33. The number of methoxy groups -OCH3 is 1. The third kappa shape index (κ3) is 2.33. The van der Waals surface area contributed by atoms with E-state index in [1.165, 1.54) is 4.88 Å². The first-order valence-corrected chi connectivity index (χ1v) is 9.42. The van der Waals surface area contributed by atoms with E-state index >= 15 is 0 Å². The zero-order chi connectivity index (χ0) is 17.7. The van der Waals surface area contributed by atoms with Gasteiger partial charge in [0.05, 0.1) is 23.7 Å². The lowest BCUT2D eigenvalue weighted by Gasteiger charge is -2.37. The van der Waals surface area contributed by atoms with Crippen molar-refractivity contribution in [3.05, 3.63) is 69.8 Å². The zero-order valence-corrected chi connectivity index (χ0v) is 15.3. The van der Waals surface area contributed by atoms with Crippen LogP contribution in [0.1, 0.15) is 40.7 Å². The molecule has 0 amide bonds. The number of hydrogen-bond donors (Lipinski definition) is 0. The van der Waals surface area contributed by atoms with E-state index in [0.717, 1.165) is 40.7 Å². The van der Waals surface area contributed by atoms with Gasteiger partial charge in [-0.3, -0.25) is 0 Å². The molecule has 3 aromatic rings. The molecule has 4 heterocycles. The van der Waals surface area contributed by atoms with E-state index in [4.69, 9.17) is 19.0 Å². The SMILES string of the molecule is COc1cccc2c1O[C@@H](c1ccc(C)o1)N1N=C(c3cccs3)C[C@H]21. The van der Waals surface area contributed by atoms with Crippen molar-refractivity contribution in [1.82, 2.24) is 5.01 Å². The summed E-state index contributed by atoms with van der Waals surface area (Å²) in [6, 6.07) is 14.2. The van der Waals surface area contributed by atoms with E-state index in [-0.39, 0.29) is 6.04 Å². The van der Waals surface area contributed by atoms with Gasteiger partial charge >= 0.3 is 0 Å². The van der Waals surface area contributed by atoms with E-state index in [2.05, 4.69) is 23.6 Å². The number of hydrogen-bond acceptors (Lipinski definition) is 6. The minimum Gasteiger partial charge on any atom is -0.493 e. The molecule has 2 aliphatic rings. The highest BCUT2D eigenvalue weighted by Crippen LogP contribution is 2.50. The molecule has 2 aliphatic heterocycles. The molecule has 6 heteroatoms. The molecular formula is C20H18N2O3S. The average Bonchev–Trinajstić information content (AvgIpc) is 3.40. The van der Waals surface area contributed by atoms with Gasteiger partial charge in [-0.15, -0.1) is 11.3 Å². The Morgan fingerprint density at radius 3 is 2.85 bits per heavy atom. The summed E-state index contributed by atoms with van der Waals surface area (Å²) in [4.78, 5) is 1.19. The van der Waals surface area contributed by atoms with Gasteiger partial charge in [-0.25, -0.2) is 5.01 Å². The number of fused-ring (bicyclic) bond motifs is 3. The quantitative estimate of drug-likeness (QED) is 0.661. The Bertz CT molecular complexity index is 977. The van der Waals surface area contributed by atoms with E-state index in [9.17, 15) is 0 Å². The summed E-state index contributed by atoms with van der Waals surface area (Å²) in [7, 11) is 1.67. The summed E-state index contributed by atoms with van der Waals surface area (Å²) < 4.78 is 17.7. The van der Waals surface area contributed by atoms with E-state index in [0.29, 0.717) is 0 Å². The van der Waals surface area contributed by atoms with E-state index < -0.39 is 6.23 Å². The number of ether oxygens (including phenoxy) is 2. The number of para-hydroxylation sites is 1. The smallest absolute Gasteiger partial charge is 0.246 e. The van der Waals surface area contributed by atoms with Crippen LogP contribution in [0.25, 0.3) is 0 Å². The maximum absolute atomic E-state index is 6.34. The van der Waals surface area contributed by atoms with Gasteiger partial charge < -0.3 is 13.9 Å². The Hall–Kier alpha value is -2.73. The van der Waals surface area contributed by atoms with Gasteiger partial charge in [0, 0.05) is 12.0 Å². The van der Waals surface area contributed by atoms with Crippen molar-refractivity contribution in [2.24, 2.45) is 5.10 Å². The van der Waals surface area contributed by atoms with Crippen molar-refractivity contribution < 1.29 is 13.9 Å². The van der Waals surface area contributed by atoms with E-state index in [1.54, 1.807) is 18.4 Å². The molecule has 0 saturated heterocycles. The monoisotopic (exact) mass is 366 g/mol. The van der Waals surface area contributed by atoms with Crippen molar-refractivity contribution >= 4 is 17.0 Å². The third-order valence-corrected chi connectivity index (χ3v) is 5.73. The first-order valence-electron chi connectivity index (χ1n) is 8.54. The molecule has 26 heavy (non-hydrogen) atoms. The lowest BCUT2D eigenvalue weighted by atomic mass is 9.98. The van der Waals surface area contributed by atoms with Crippen molar-refractivity contribution in [2.75, 3.05) is 7.11 Å². The summed E-state index contributed by atoms with van der Waals surface area (Å²) in [6.45, 7) is 1.93. The molecule has 2 atom stereocenters. The normalized spacial score (nSPS) is 21.0. The van der Waals surface area contributed by atoms with Crippen LogP contribution in [0.3, 0.4) is 0 Å². The zero-order valence-electron chi connectivity index (χ0n) is 14.5. The first kappa shape index (κ1) is 15.5. The highest BCUT2D eigenvalue weighted by Gasteiger charge is 2.43. The molecule has 132 valence electrons. The highest BCUT2D eigenvalue weighted by atomic mass is 32.1. The van der Waals surface area contributed by atoms with Crippen LogP contribution in [0.4, 0.5) is 0 Å². The number of furan rings is 1. The third-order valence-electron chi connectivity index (χ3n) is 4.81. The Kier molecular flexibility index (Phi) is 3.53. The van der Waals surface area contributed by atoms with Gasteiger partial charge in [0.15, 0.2) is 17.3 Å². The fraction of sp³-hybridized carbons (Fsp3) is 0.250. The molecule has 1 aromatic carbocycles. The van der Waals surface area contributed by atoms with Crippen LogP contribution >= 0.6 is 11.3 Å². The molecule has 0 bridgehead atoms. The predicted octanol–water partition coefficient (Wildman–Crippen LogP) is 4.90. The van der Waals surface area contributed by atoms with Crippen LogP contribution in [0.15, 0.2) is 57.4 Å². The van der Waals surface area contributed by atoms with Gasteiger partial charge in [-0.1, -0.05) is 18.2 Å². The van der Waals surface area contributed by atoms with Crippen LogP contribution in [0.5, 0.6) is 11.5 Å². The minimum atomic E-state index is -0.407. The average molecular weight is 366 g/mol. The second-order valence-electron chi connectivity index (χ2n) is 6.42. The molecule has 0 aliphatic carbocycles. The summed E-state index contributed by atoms with van der Waals surface area (Å²) in [5.41, 5.74) is 2.18. The van der Waals surface area contributed by atoms with Gasteiger partial charge in [-0.2, -0.15) is 5.10 Å². The van der Waals surface area contributed by atoms with E-state index in [1.807, 2.05) is 36.2 Å². The molecular weight excluding hydrogens is 348 g/mol. The molecule has 2 aromatic heterocycles. The molecule has 0 N–H and O–H groups in total. The van der Waals surface area contributed by atoms with Crippen LogP contribution < -0.4 is 9.47 Å². The Balaban J connectivity index is 1.63. The molecule has 5 nitrogen and oxygen atoms in total. The molecule has 0 unspecified atom stereocenters. The summed E-state index contributed by atoms with van der Waals surface area (Å²) in [5, 5.41) is 9.01. The topological polar surface area (TPSA) is 47.2 Å². The number of nitrogens with zero attached hydrogens (tertiary/aromatic N) is 2. The van der Waals surface area contributed by atoms with Crippen molar-refractivity contribution in [2.45, 2.75) is 25.6 Å². The fourth-order valence-electron chi connectivity index (χ4n) is 3.61. The number of thiophene rings is 1. The van der Waals surface area contributed by atoms with Gasteiger partial charge in [0.1, 0.15) is 5.76 Å². The Morgan fingerprint density at radius 2 is 2.12 bits per heavy atom. The highest BCUT2D eigenvalue weighted by molar-refractivity contribution is 7.12. The number of hydrazone groups is 1.